The number of hydrogen-bond acceptors (Lipinski definition) is 5. The van der Waals surface area contributed by atoms with E-state index < -0.39 is 22.5 Å². The zero-order chi connectivity index (χ0) is 20.0. The number of carbonyl (C=O) groups excluding carboxylic acids is 1. The average Bonchev–Trinajstić information content (AvgIpc) is 2.60. The molecule has 0 unspecified atom stereocenters. The number of para-hydroxylation sites is 2. The molecule has 144 valence electrons. The number of ether oxygens (including phenoxy) is 1. The zero-order valence-corrected chi connectivity index (χ0v) is 15.7. The van der Waals surface area contributed by atoms with E-state index in [1.807, 2.05) is 0 Å². The lowest BCUT2D eigenvalue weighted by molar-refractivity contribution is -0.135. The van der Waals surface area contributed by atoms with Crippen molar-refractivity contribution >= 4 is 33.3 Å². The first-order valence-corrected chi connectivity index (χ1v) is 9.53. The molecule has 0 aromatic heterocycles. The van der Waals surface area contributed by atoms with Crippen molar-refractivity contribution in [3.05, 3.63) is 48.5 Å². The van der Waals surface area contributed by atoms with Gasteiger partial charge in [-0.05, 0) is 43.3 Å². The third kappa shape index (κ3) is 4.98. The molecule has 27 heavy (non-hydrogen) atoms. The molecule has 2 rings (SSSR count). The van der Waals surface area contributed by atoms with Crippen molar-refractivity contribution in [2.24, 2.45) is 0 Å². The van der Waals surface area contributed by atoms with Gasteiger partial charge in [-0.3, -0.25) is 13.9 Å². The molecule has 0 fully saturated rings. The Labute approximate surface area is 157 Å². The lowest BCUT2D eigenvalue weighted by Crippen LogP contribution is -2.36. The van der Waals surface area contributed by atoms with Crippen LogP contribution in [0.1, 0.15) is 13.8 Å². The summed E-state index contributed by atoms with van der Waals surface area (Å²) in [5, 5.41) is 11.8. The molecule has 0 aliphatic carbocycles. The van der Waals surface area contributed by atoms with Crippen LogP contribution in [0.25, 0.3) is 0 Å². The molecule has 2 N–H and O–H groups in total. The van der Waals surface area contributed by atoms with Crippen molar-refractivity contribution in [1.82, 2.24) is 0 Å². The van der Waals surface area contributed by atoms with Crippen LogP contribution in [0.2, 0.25) is 0 Å². The quantitative estimate of drug-likeness (QED) is 0.713. The minimum Gasteiger partial charge on any atom is -0.492 e. The normalized spacial score (nSPS) is 10.9. The molecular weight excluding hydrogens is 372 g/mol. The fraction of sp³-hybridized carbons (Fsp3) is 0.222. The van der Waals surface area contributed by atoms with Crippen LogP contribution < -0.4 is 14.4 Å². The van der Waals surface area contributed by atoms with Gasteiger partial charge in [0, 0.05) is 12.6 Å². The number of carbonyl (C=O) groups is 2. The van der Waals surface area contributed by atoms with E-state index in [1.54, 1.807) is 25.1 Å². The molecule has 0 bridgehead atoms. The topological polar surface area (TPSA) is 113 Å². The number of rotatable bonds is 8. The molecule has 0 saturated carbocycles. The second-order valence-corrected chi connectivity index (χ2v) is 7.37. The standard InChI is InChI=1S/C18H20N2O6S/c1-3-26-17-7-5-4-6-16(17)20(12-18(22)23)27(24,25)15-10-8-14(9-11-15)19-13(2)21/h4-11H,3,12H2,1-2H3,(H,19,21)(H,22,23). The van der Waals surface area contributed by atoms with Crippen molar-refractivity contribution in [2.75, 3.05) is 22.8 Å². The van der Waals surface area contributed by atoms with E-state index >= 15 is 0 Å². The maximum atomic E-state index is 13.1. The van der Waals surface area contributed by atoms with E-state index in [1.165, 1.54) is 37.3 Å². The van der Waals surface area contributed by atoms with Gasteiger partial charge in [-0.2, -0.15) is 0 Å². The SMILES string of the molecule is CCOc1ccccc1N(CC(=O)O)S(=O)(=O)c1ccc(NC(C)=O)cc1. The highest BCUT2D eigenvalue weighted by Crippen LogP contribution is 2.32. The summed E-state index contributed by atoms with van der Waals surface area (Å²) in [4.78, 5) is 22.3. The van der Waals surface area contributed by atoms with Crippen LogP contribution in [0.15, 0.2) is 53.4 Å². The summed E-state index contributed by atoms with van der Waals surface area (Å²) in [5.41, 5.74) is 0.564. The number of sulfonamides is 1. The first kappa shape index (κ1) is 20.2. The van der Waals surface area contributed by atoms with Crippen LogP contribution in [-0.2, 0) is 19.6 Å². The third-order valence-electron chi connectivity index (χ3n) is 3.48. The van der Waals surface area contributed by atoms with Crippen LogP contribution >= 0.6 is 0 Å². The summed E-state index contributed by atoms with van der Waals surface area (Å²) in [6, 6.07) is 11.8. The Balaban J connectivity index is 2.49. The number of benzene rings is 2. The predicted octanol–water partition coefficient (Wildman–Crippen LogP) is 2.32. The Bertz CT molecular complexity index is 925. The summed E-state index contributed by atoms with van der Waals surface area (Å²) in [5.74, 6) is -1.33. The number of amides is 1. The fourth-order valence-corrected chi connectivity index (χ4v) is 3.83. The molecule has 8 nitrogen and oxygen atoms in total. The highest BCUT2D eigenvalue weighted by molar-refractivity contribution is 7.92. The highest BCUT2D eigenvalue weighted by Gasteiger charge is 2.29. The Hall–Kier alpha value is -3.07. The van der Waals surface area contributed by atoms with Crippen molar-refractivity contribution in [3.63, 3.8) is 0 Å². The van der Waals surface area contributed by atoms with Gasteiger partial charge in [-0.1, -0.05) is 12.1 Å². The molecule has 0 saturated heterocycles. The summed E-state index contributed by atoms with van der Waals surface area (Å²) in [7, 11) is -4.18. The van der Waals surface area contributed by atoms with Gasteiger partial charge < -0.3 is 15.2 Å². The van der Waals surface area contributed by atoms with Gasteiger partial charge in [-0.15, -0.1) is 0 Å². The maximum absolute atomic E-state index is 13.1. The molecule has 1 amide bonds. The summed E-state index contributed by atoms with van der Waals surface area (Å²) < 4.78 is 32.4. The van der Waals surface area contributed by atoms with E-state index in [0.29, 0.717) is 12.3 Å². The van der Waals surface area contributed by atoms with Gasteiger partial charge in [0.1, 0.15) is 12.3 Å². The van der Waals surface area contributed by atoms with Crippen LogP contribution in [-0.4, -0.2) is 38.6 Å². The van der Waals surface area contributed by atoms with E-state index in [-0.39, 0.29) is 22.2 Å². The molecule has 9 heteroatoms. The van der Waals surface area contributed by atoms with Crippen LogP contribution in [0.3, 0.4) is 0 Å². The van der Waals surface area contributed by atoms with Gasteiger partial charge in [0.15, 0.2) is 0 Å². The van der Waals surface area contributed by atoms with Gasteiger partial charge in [0.25, 0.3) is 10.0 Å². The van der Waals surface area contributed by atoms with Crippen molar-refractivity contribution in [1.29, 1.82) is 0 Å². The lowest BCUT2D eigenvalue weighted by atomic mass is 10.3. The molecule has 0 aliphatic heterocycles. The molecule has 0 atom stereocenters. The molecule has 0 aliphatic rings. The fourth-order valence-electron chi connectivity index (χ4n) is 2.40. The number of aliphatic carboxylic acids is 1. The van der Waals surface area contributed by atoms with Crippen molar-refractivity contribution in [2.45, 2.75) is 18.7 Å². The Morgan fingerprint density at radius 1 is 1.11 bits per heavy atom. The number of carboxylic acid groups (broad SMARTS) is 1. The first-order chi connectivity index (χ1) is 12.8. The average molecular weight is 392 g/mol. The van der Waals surface area contributed by atoms with Gasteiger partial charge in [0.05, 0.1) is 17.2 Å². The monoisotopic (exact) mass is 392 g/mol. The predicted molar refractivity (Wildman–Crippen MR) is 101 cm³/mol. The summed E-state index contributed by atoms with van der Waals surface area (Å²) >= 11 is 0. The minimum atomic E-state index is -4.18. The van der Waals surface area contributed by atoms with Crippen LogP contribution in [0, 0.1) is 0 Å². The smallest absolute Gasteiger partial charge is 0.324 e. The number of nitrogens with one attached hydrogen (secondary N) is 1. The molecule has 0 heterocycles. The molecule has 0 radical (unpaired) electrons. The Morgan fingerprint density at radius 2 is 1.74 bits per heavy atom. The van der Waals surface area contributed by atoms with E-state index in [9.17, 15) is 23.1 Å². The van der Waals surface area contributed by atoms with E-state index in [0.717, 1.165) is 4.31 Å². The van der Waals surface area contributed by atoms with Crippen LogP contribution in [0.4, 0.5) is 11.4 Å². The van der Waals surface area contributed by atoms with E-state index in [4.69, 9.17) is 4.74 Å². The van der Waals surface area contributed by atoms with Gasteiger partial charge in [0.2, 0.25) is 5.91 Å². The number of nitrogens with zero attached hydrogens (tertiary/aromatic N) is 1. The zero-order valence-electron chi connectivity index (χ0n) is 14.9. The van der Waals surface area contributed by atoms with Gasteiger partial charge in [-0.25, -0.2) is 8.42 Å². The second kappa shape index (κ2) is 8.54. The number of carboxylic acids is 1. The molecule has 2 aromatic rings. The number of anilines is 2. The Kier molecular flexibility index (Phi) is 6.40. The minimum absolute atomic E-state index is 0.107. The van der Waals surface area contributed by atoms with Crippen molar-refractivity contribution in [3.8, 4) is 5.75 Å². The molecule has 0 spiro atoms. The Morgan fingerprint density at radius 3 is 2.30 bits per heavy atom. The largest absolute Gasteiger partial charge is 0.492 e. The molecule has 2 aromatic carbocycles. The summed E-state index contributed by atoms with van der Waals surface area (Å²) in [6.07, 6.45) is 0. The van der Waals surface area contributed by atoms with Crippen LogP contribution in [0.5, 0.6) is 5.75 Å². The second-order valence-electron chi connectivity index (χ2n) is 5.51. The van der Waals surface area contributed by atoms with Crippen molar-refractivity contribution < 1.29 is 27.9 Å². The maximum Gasteiger partial charge on any atom is 0.324 e. The van der Waals surface area contributed by atoms with Gasteiger partial charge >= 0.3 is 5.97 Å². The van der Waals surface area contributed by atoms with E-state index in [2.05, 4.69) is 5.32 Å². The third-order valence-corrected chi connectivity index (χ3v) is 5.25. The summed E-state index contributed by atoms with van der Waals surface area (Å²) in [6.45, 7) is 2.61. The highest BCUT2D eigenvalue weighted by atomic mass is 32.2. The molecular formula is C18H20N2O6S. The first-order valence-electron chi connectivity index (χ1n) is 8.09. The lowest BCUT2D eigenvalue weighted by Gasteiger charge is -2.24. The number of hydrogen-bond donors (Lipinski definition) is 2.